The van der Waals surface area contributed by atoms with Gasteiger partial charge in [0.15, 0.2) is 12.2 Å². The number of benzene rings is 1. The lowest BCUT2D eigenvalue weighted by atomic mass is 10.2. The van der Waals surface area contributed by atoms with Gasteiger partial charge >= 0.3 is 11.9 Å². The molecule has 1 heterocycles. The van der Waals surface area contributed by atoms with Gasteiger partial charge in [0.1, 0.15) is 5.75 Å². The van der Waals surface area contributed by atoms with Crippen molar-refractivity contribution in [1.82, 2.24) is 0 Å². The zero-order valence-corrected chi connectivity index (χ0v) is 12.6. The molecular formula is C15H16N2O6. The van der Waals surface area contributed by atoms with Gasteiger partial charge in [-0.3, -0.25) is 4.79 Å². The molecule has 0 unspecified atom stereocenters. The maximum absolute atomic E-state index is 11.7. The van der Waals surface area contributed by atoms with Gasteiger partial charge < -0.3 is 25.3 Å². The van der Waals surface area contributed by atoms with Crippen LogP contribution in [0.2, 0.25) is 0 Å². The monoisotopic (exact) mass is 320 g/mol. The van der Waals surface area contributed by atoms with E-state index in [0.29, 0.717) is 11.4 Å². The van der Waals surface area contributed by atoms with Gasteiger partial charge in [0.25, 0.3) is 11.7 Å². The minimum absolute atomic E-state index is 0.218. The smallest absolute Gasteiger partial charge is 0.350 e. The van der Waals surface area contributed by atoms with Crippen molar-refractivity contribution >= 4 is 23.5 Å². The van der Waals surface area contributed by atoms with Crippen molar-refractivity contribution in [3.8, 4) is 5.75 Å². The Labute approximate surface area is 132 Å². The Balaban J connectivity index is 2.01. The van der Waals surface area contributed by atoms with Crippen molar-refractivity contribution in [2.75, 3.05) is 11.9 Å². The summed E-state index contributed by atoms with van der Waals surface area (Å²) in [5.74, 6) is -2.92. The van der Waals surface area contributed by atoms with E-state index >= 15 is 0 Å². The molecule has 1 aliphatic heterocycles. The topological polar surface area (TPSA) is 117 Å². The summed E-state index contributed by atoms with van der Waals surface area (Å²) in [5.41, 5.74) is 5.33. The number of cyclic esters (lactones) is 2. The van der Waals surface area contributed by atoms with E-state index in [2.05, 4.69) is 5.32 Å². The number of nitrogens with two attached hydrogens (primary N) is 1. The fraction of sp³-hybridized carbons (Fsp3) is 0.267. The van der Waals surface area contributed by atoms with Crippen LogP contribution in [0.1, 0.15) is 13.8 Å². The highest BCUT2D eigenvalue weighted by Gasteiger charge is 2.38. The van der Waals surface area contributed by atoms with E-state index in [0.717, 1.165) is 0 Å². The molecule has 8 heteroatoms. The van der Waals surface area contributed by atoms with Gasteiger partial charge in [0.05, 0.1) is 0 Å². The number of carbonyl (C=O) groups is 3. The number of anilines is 1. The average molecular weight is 320 g/mol. The second kappa shape index (κ2) is 6.39. The maximum atomic E-state index is 11.7. The van der Waals surface area contributed by atoms with Gasteiger partial charge in [0.2, 0.25) is 0 Å². The number of hydrogen-bond donors (Lipinski definition) is 2. The third-order valence-corrected chi connectivity index (χ3v) is 2.74. The highest BCUT2D eigenvalue weighted by atomic mass is 16.7. The molecule has 0 saturated carbocycles. The molecule has 1 aliphatic rings. The lowest BCUT2D eigenvalue weighted by molar-refractivity contribution is -0.222. The Hall–Kier alpha value is -3.03. The molecule has 1 aromatic rings. The van der Waals surface area contributed by atoms with Crippen molar-refractivity contribution in [3.05, 3.63) is 36.0 Å². The van der Waals surface area contributed by atoms with Gasteiger partial charge in [-0.2, -0.15) is 0 Å². The molecule has 1 saturated heterocycles. The molecule has 8 nitrogen and oxygen atoms in total. The predicted molar refractivity (Wildman–Crippen MR) is 79.1 cm³/mol. The number of primary amides is 1. The Morgan fingerprint density at radius 1 is 1.22 bits per heavy atom. The molecule has 0 aliphatic carbocycles. The zero-order valence-electron chi connectivity index (χ0n) is 12.6. The first-order valence-corrected chi connectivity index (χ1v) is 6.71. The lowest BCUT2D eigenvalue weighted by Gasteiger charge is -2.29. The van der Waals surface area contributed by atoms with Crippen LogP contribution < -0.4 is 15.8 Å². The fourth-order valence-corrected chi connectivity index (χ4v) is 1.74. The third kappa shape index (κ3) is 4.47. The standard InChI is InChI=1S/C15H16N2O6/c1-15(2)22-13(19)11(14(20)23-15)7-17-9-3-5-10(6-4-9)21-8-12(16)18/h3-7,17H,8H2,1-2H3,(H2,16,18). The van der Waals surface area contributed by atoms with E-state index in [1.807, 2.05) is 0 Å². The zero-order chi connectivity index (χ0) is 17.0. The number of amides is 1. The van der Waals surface area contributed by atoms with Gasteiger partial charge in [-0.05, 0) is 24.3 Å². The minimum atomic E-state index is -1.27. The van der Waals surface area contributed by atoms with Crippen LogP contribution in [-0.2, 0) is 23.9 Å². The number of hydrogen-bond acceptors (Lipinski definition) is 7. The van der Waals surface area contributed by atoms with Crippen LogP contribution in [0.3, 0.4) is 0 Å². The molecule has 2 rings (SSSR count). The molecule has 0 spiro atoms. The molecule has 122 valence electrons. The van der Waals surface area contributed by atoms with E-state index in [4.69, 9.17) is 19.9 Å². The summed E-state index contributed by atoms with van der Waals surface area (Å²) in [6, 6.07) is 6.47. The van der Waals surface area contributed by atoms with E-state index in [9.17, 15) is 14.4 Å². The third-order valence-electron chi connectivity index (χ3n) is 2.74. The first kappa shape index (κ1) is 16.3. The van der Waals surface area contributed by atoms with Crippen LogP contribution in [0.15, 0.2) is 36.0 Å². The molecule has 0 aromatic heterocycles. The summed E-state index contributed by atoms with van der Waals surface area (Å²) in [5, 5.41) is 2.78. The molecule has 0 atom stereocenters. The molecule has 1 aromatic carbocycles. The summed E-state index contributed by atoms with van der Waals surface area (Å²) in [7, 11) is 0. The highest BCUT2D eigenvalue weighted by molar-refractivity contribution is 6.15. The minimum Gasteiger partial charge on any atom is -0.484 e. The quantitative estimate of drug-likeness (QED) is 0.465. The molecule has 1 fully saturated rings. The van der Waals surface area contributed by atoms with Crippen molar-refractivity contribution in [2.45, 2.75) is 19.6 Å². The summed E-state index contributed by atoms with van der Waals surface area (Å²) in [6.07, 6.45) is 1.21. The summed E-state index contributed by atoms with van der Waals surface area (Å²) < 4.78 is 15.0. The average Bonchev–Trinajstić information content (AvgIpc) is 2.44. The number of nitrogens with one attached hydrogen (secondary N) is 1. The number of ether oxygens (including phenoxy) is 3. The number of rotatable bonds is 5. The van der Waals surface area contributed by atoms with E-state index in [1.165, 1.54) is 20.0 Å². The Bertz CT molecular complexity index is 641. The van der Waals surface area contributed by atoms with Gasteiger partial charge in [-0.1, -0.05) is 0 Å². The van der Waals surface area contributed by atoms with Crippen LogP contribution in [0.5, 0.6) is 5.75 Å². The fourth-order valence-electron chi connectivity index (χ4n) is 1.74. The largest absolute Gasteiger partial charge is 0.484 e. The first-order chi connectivity index (χ1) is 10.8. The summed E-state index contributed by atoms with van der Waals surface area (Å²) >= 11 is 0. The Morgan fingerprint density at radius 3 is 2.30 bits per heavy atom. The second-order valence-corrected chi connectivity index (χ2v) is 5.16. The van der Waals surface area contributed by atoms with E-state index in [1.54, 1.807) is 24.3 Å². The molecule has 0 radical (unpaired) electrons. The molecular weight excluding hydrogens is 304 g/mol. The molecule has 0 bridgehead atoms. The van der Waals surface area contributed by atoms with Crippen LogP contribution in [-0.4, -0.2) is 30.2 Å². The SMILES string of the molecule is CC1(C)OC(=O)C(=CNc2ccc(OCC(N)=O)cc2)C(=O)O1. The predicted octanol–water partition coefficient (Wildman–Crippen LogP) is 0.683. The normalized spacial score (nSPS) is 16.2. The second-order valence-electron chi connectivity index (χ2n) is 5.16. The van der Waals surface area contributed by atoms with Crippen molar-refractivity contribution in [1.29, 1.82) is 0 Å². The maximum Gasteiger partial charge on any atom is 0.350 e. The molecule has 3 N–H and O–H groups in total. The van der Waals surface area contributed by atoms with E-state index in [-0.39, 0.29) is 12.2 Å². The summed E-state index contributed by atoms with van der Waals surface area (Å²) in [4.78, 5) is 34.1. The highest BCUT2D eigenvalue weighted by Crippen LogP contribution is 2.23. The van der Waals surface area contributed by atoms with Crippen molar-refractivity contribution in [2.24, 2.45) is 5.73 Å². The van der Waals surface area contributed by atoms with Crippen LogP contribution in [0, 0.1) is 0 Å². The van der Waals surface area contributed by atoms with E-state index < -0.39 is 23.6 Å². The summed E-state index contributed by atoms with van der Waals surface area (Å²) in [6.45, 7) is 2.72. The number of carbonyl (C=O) groups excluding carboxylic acids is 3. The van der Waals surface area contributed by atoms with Crippen molar-refractivity contribution in [3.63, 3.8) is 0 Å². The van der Waals surface area contributed by atoms with Gasteiger partial charge in [0, 0.05) is 25.7 Å². The molecule has 23 heavy (non-hydrogen) atoms. The van der Waals surface area contributed by atoms with Crippen LogP contribution in [0.4, 0.5) is 5.69 Å². The van der Waals surface area contributed by atoms with Crippen LogP contribution in [0.25, 0.3) is 0 Å². The Kier molecular flexibility index (Phi) is 4.54. The van der Waals surface area contributed by atoms with Gasteiger partial charge in [-0.25, -0.2) is 9.59 Å². The Morgan fingerprint density at radius 2 is 1.78 bits per heavy atom. The molecule has 1 amide bonds. The first-order valence-electron chi connectivity index (χ1n) is 6.71. The van der Waals surface area contributed by atoms with Crippen molar-refractivity contribution < 1.29 is 28.6 Å². The lowest BCUT2D eigenvalue weighted by Crippen LogP contribution is -2.42. The van der Waals surface area contributed by atoms with Crippen LogP contribution >= 0.6 is 0 Å². The number of esters is 2. The van der Waals surface area contributed by atoms with Gasteiger partial charge in [-0.15, -0.1) is 0 Å².